The van der Waals surface area contributed by atoms with Crippen LogP contribution in [0, 0.1) is 19.3 Å². The number of hydrogen-bond donors (Lipinski definition) is 1. The molecule has 1 rings (SSSR count). The summed E-state index contributed by atoms with van der Waals surface area (Å²) >= 11 is 3.44. The van der Waals surface area contributed by atoms with Crippen LogP contribution in [0.1, 0.15) is 5.56 Å². The van der Waals surface area contributed by atoms with Crippen LogP contribution in [0.3, 0.4) is 0 Å². The van der Waals surface area contributed by atoms with Crippen LogP contribution in [0.2, 0.25) is 0 Å². The number of rotatable bonds is 5. The number of nitrogens with one attached hydrogen (secondary N) is 1. The van der Waals surface area contributed by atoms with Gasteiger partial charge in [0.25, 0.3) is 0 Å². The highest BCUT2D eigenvalue weighted by atomic mass is 79.9. The summed E-state index contributed by atoms with van der Waals surface area (Å²) in [4.78, 5) is 0. The Morgan fingerprint density at radius 2 is 2.33 bits per heavy atom. The van der Waals surface area contributed by atoms with E-state index < -0.39 is 0 Å². The topological polar surface area (TPSA) is 21.3 Å². The molecule has 0 atom stereocenters. The van der Waals surface area contributed by atoms with E-state index >= 15 is 0 Å². The molecule has 0 saturated carbocycles. The molecule has 0 aliphatic rings. The van der Waals surface area contributed by atoms with E-state index in [-0.39, 0.29) is 0 Å². The lowest BCUT2D eigenvalue weighted by atomic mass is 10.2. The first-order chi connectivity index (χ1) is 7.24. The number of terminal acetylenes is 1. The standard InChI is InChI=1S/C12H14BrNO/c1-3-6-14-7-8-15-11-4-5-12(13)10(2)9-11/h1,4-5,9,14H,6-8H2,2H3. The van der Waals surface area contributed by atoms with Crippen LogP contribution in [0.25, 0.3) is 0 Å². The summed E-state index contributed by atoms with van der Waals surface area (Å²) in [5.74, 6) is 3.40. The molecule has 0 aliphatic carbocycles. The van der Waals surface area contributed by atoms with Gasteiger partial charge in [0.05, 0.1) is 6.54 Å². The van der Waals surface area contributed by atoms with Gasteiger partial charge in [-0.25, -0.2) is 0 Å². The highest BCUT2D eigenvalue weighted by Crippen LogP contribution is 2.21. The van der Waals surface area contributed by atoms with Crippen molar-refractivity contribution in [2.45, 2.75) is 6.92 Å². The monoisotopic (exact) mass is 267 g/mol. The molecule has 0 bridgehead atoms. The first kappa shape index (κ1) is 12.1. The normalized spacial score (nSPS) is 9.67. The molecule has 0 radical (unpaired) electrons. The van der Waals surface area contributed by atoms with Gasteiger partial charge in [0.15, 0.2) is 0 Å². The Kier molecular flexibility index (Phi) is 5.23. The molecule has 1 aromatic rings. The van der Waals surface area contributed by atoms with Crippen LogP contribution in [0.15, 0.2) is 22.7 Å². The number of halogens is 1. The van der Waals surface area contributed by atoms with Gasteiger partial charge in [-0.1, -0.05) is 21.9 Å². The summed E-state index contributed by atoms with van der Waals surface area (Å²) in [7, 11) is 0. The van der Waals surface area contributed by atoms with E-state index in [4.69, 9.17) is 11.2 Å². The second-order valence-corrected chi connectivity index (χ2v) is 3.99. The third-order valence-electron chi connectivity index (χ3n) is 1.90. The average molecular weight is 268 g/mol. The van der Waals surface area contributed by atoms with Crippen molar-refractivity contribution in [3.8, 4) is 18.1 Å². The van der Waals surface area contributed by atoms with Crippen molar-refractivity contribution in [1.29, 1.82) is 0 Å². The summed E-state index contributed by atoms with van der Waals surface area (Å²) < 4.78 is 6.63. The Morgan fingerprint density at radius 3 is 3.00 bits per heavy atom. The van der Waals surface area contributed by atoms with Crippen LogP contribution in [0.5, 0.6) is 5.75 Å². The van der Waals surface area contributed by atoms with Crippen molar-refractivity contribution in [3.63, 3.8) is 0 Å². The first-order valence-electron chi connectivity index (χ1n) is 4.77. The van der Waals surface area contributed by atoms with Crippen molar-refractivity contribution in [2.75, 3.05) is 19.7 Å². The minimum Gasteiger partial charge on any atom is -0.492 e. The van der Waals surface area contributed by atoms with Crippen LogP contribution >= 0.6 is 15.9 Å². The highest BCUT2D eigenvalue weighted by molar-refractivity contribution is 9.10. The summed E-state index contributed by atoms with van der Waals surface area (Å²) in [5.41, 5.74) is 1.17. The molecule has 1 N–H and O–H groups in total. The van der Waals surface area contributed by atoms with E-state index in [2.05, 4.69) is 27.2 Å². The van der Waals surface area contributed by atoms with E-state index in [9.17, 15) is 0 Å². The fraction of sp³-hybridized carbons (Fsp3) is 0.333. The number of benzene rings is 1. The van der Waals surface area contributed by atoms with Gasteiger partial charge >= 0.3 is 0 Å². The molecular formula is C12H14BrNO. The maximum Gasteiger partial charge on any atom is 0.119 e. The second-order valence-electron chi connectivity index (χ2n) is 3.14. The third kappa shape index (κ3) is 4.37. The molecule has 0 aromatic heterocycles. The molecule has 0 aliphatic heterocycles. The molecule has 0 fully saturated rings. The van der Waals surface area contributed by atoms with E-state index in [1.807, 2.05) is 25.1 Å². The minimum absolute atomic E-state index is 0.586. The van der Waals surface area contributed by atoms with Gasteiger partial charge in [-0.2, -0.15) is 0 Å². The molecule has 1 aromatic carbocycles. The molecule has 2 nitrogen and oxygen atoms in total. The van der Waals surface area contributed by atoms with E-state index in [1.54, 1.807) is 0 Å². The molecule has 0 saturated heterocycles. The number of hydrogen-bond acceptors (Lipinski definition) is 2. The van der Waals surface area contributed by atoms with E-state index in [0.717, 1.165) is 16.8 Å². The minimum atomic E-state index is 0.586. The Hall–Kier alpha value is -0.980. The maximum absolute atomic E-state index is 5.54. The Balaban J connectivity index is 2.32. The smallest absolute Gasteiger partial charge is 0.119 e. The van der Waals surface area contributed by atoms with E-state index in [0.29, 0.717) is 13.2 Å². The largest absolute Gasteiger partial charge is 0.492 e. The van der Waals surface area contributed by atoms with Crippen molar-refractivity contribution in [2.24, 2.45) is 0 Å². The fourth-order valence-electron chi connectivity index (χ4n) is 1.11. The molecule has 0 spiro atoms. The van der Waals surface area contributed by atoms with Crippen LogP contribution in [0.4, 0.5) is 0 Å². The highest BCUT2D eigenvalue weighted by Gasteiger charge is 1.97. The zero-order valence-corrected chi connectivity index (χ0v) is 10.3. The first-order valence-corrected chi connectivity index (χ1v) is 5.56. The lowest BCUT2D eigenvalue weighted by Crippen LogP contribution is -2.21. The Morgan fingerprint density at radius 1 is 1.53 bits per heavy atom. The van der Waals surface area contributed by atoms with Crippen molar-refractivity contribution in [1.82, 2.24) is 5.32 Å². The summed E-state index contributed by atoms with van der Waals surface area (Å²) in [6, 6.07) is 5.93. The lowest BCUT2D eigenvalue weighted by molar-refractivity contribution is 0.316. The zero-order valence-electron chi connectivity index (χ0n) is 8.72. The predicted octanol–water partition coefficient (Wildman–Crippen LogP) is 2.36. The molecule has 80 valence electrons. The Bertz CT molecular complexity index is 357. The molecule has 0 amide bonds. The van der Waals surface area contributed by atoms with Gasteiger partial charge < -0.3 is 10.1 Å². The van der Waals surface area contributed by atoms with Gasteiger partial charge in [0, 0.05) is 11.0 Å². The zero-order chi connectivity index (χ0) is 11.1. The van der Waals surface area contributed by atoms with Crippen molar-refractivity contribution >= 4 is 15.9 Å². The molecule has 3 heteroatoms. The SMILES string of the molecule is C#CCNCCOc1ccc(Br)c(C)c1. The molecule has 0 heterocycles. The summed E-state index contributed by atoms with van der Waals surface area (Å²) in [6.07, 6.45) is 5.10. The van der Waals surface area contributed by atoms with Crippen molar-refractivity contribution in [3.05, 3.63) is 28.2 Å². The number of ether oxygens (including phenoxy) is 1. The van der Waals surface area contributed by atoms with Gasteiger partial charge in [-0.15, -0.1) is 6.42 Å². The quantitative estimate of drug-likeness (QED) is 0.654. The van der Waals surface area contributed by atoms with Gasteiger partial charge in [0.1, 0.15) is 12.4 Å². The van der Waals surface area contributed by atoms with Crippen LogP contribution in [-0.2, 0) is 0 Å². The van der Waals surface area contributed by atoms with E-state index in [1.165, 1.54) is 5.56 Å². The summed E-state index contributed by atoms with van der Waals surface area (Å²) in [5, 5.41) is 3.06. The second kappa shape index (κ2) is 6.49. The fourth-order valence-corrected chi connectivity index (χ4v) is 1.36. The summed E-state index contributed by atoms with van der Waals surface area (Å²) in [6.45, 7) is 4.01. The molecule has 15 heavy (non-hydrogen) atoms. The molecular weight excluding hydrogens is 254 g/mol. The van der Waals surface area contributed by atoms with Crippen LogP contribution < -0.4 is 10.1 Å². The average Bonchev–Trinajstić information content (AvgIpc) is 2.23. The third-order valence-corrected chi connectivity index (χ3v) is 2.79. The van der Waals surface area contributed by atoms with Gasteiger partial charge in [-0.05, 0) is 30.7 Å². The maximum atomic E-state index is 5.54. The predicted molar refractivity (Wildman–Crippen MR) is 66.1 cm³/mol. The number of aryl methyl sites for hydroxylation is 1. The molecule has 0 unspecified atom stereocenters. The Labute approximate surface area is 99.2 Å². The van der Waals surface area contributed by atoms with Crippen molar-refractivity contribution < 1.29 is 4.74 Å². The van der Waals surface area contributed by atoms with Gasteiger partial charge in [-0.3, -0.25) is 0 Å². The van der Waals surface area contributed by atoms with Crippen LogP contribution in [-0.4, -0.2) is 19.7 Å². The lowest BCUT2D eigenvalue weighted by Gasteiger charge is -2.07. The van der Waals surface area contributed by atoms with Gasteiger partial charge in [0.2, 0.25) is 0 Å².